The zero-order chi connectivity index (χ0) is 15.4. The van der Waals surface area contributed by atoms with Crippen LogP contribution in [0.15, 0.2) is 41.3 Å². The van der Waals surface area contributed by atoms with Crippen LogP contribution < -0.4 is 5.73 Å². The first-order chi connectivity index (χ1) is 10.0. The third-order valence-corrected chi connectivity index (χ3v) is 4.92. The van der Waals surface area contributed by atoms with Gasteiger partial charge in [-0.05, 0) is 24.4 Å². The van der Waals surface area contributed by atoms with Crippen LogP contribution in [0.5, 0.6) is 0 Å². The average Bonchev–Trinajstić information content (AvgIpc) is 2.51. The summed E-state index contributed by atoms with van der Waals surface area (Å²) >= 11 is 7.80. The highest BCUT2D eigenvalue weighted by molar-refractivity contribution is 8.00. The molecule has 2 aromatic rings. The minimum atomic E-state index is 0.0502. The predicted molar refractivity (Wildman–Crippen MR) is 91.0 cm³/mol. The quantitative estimate of drug-likeness (QED) is 0.858. The molecule has 0 aliphatic rings. The monoisotopic (exact) mass is 322 g/mol. The van der Waals surface area contributed by atoms with Crippen LogP contribution >= 0.6 is 23.4 Å². The Morgan fingerprint density at radius 2 is 2.00 bits per heavy atom. The molecule has 2 N–H and O–H groups in total. The lowest BCUT2D eigenvalue weighted by Crippen LogP contribution is -2.40. The highest BCUT2D eigenvalue weighted by atomic mass is 35.5. The maximum absolute atomic E-state index is 12.2. The van der Waals surface area contributed by atoms with E-state index in [1.165, 1.54) is 11.8 Å². The van der Waals surface area contributed by atoms with Crippen molar-refractivity contribution < 1.29 is 4.79 Å². The Kier molecular flexibility index (Phi) is 5.51. The molecule has 0 heterocycles. The van der Waals surface area contributed by atoms with Gasteiger partial charge < -0.3 is 10.6 Å². The van der Waals surface area contributed by atoms with Crippen molar-refractivity contribution in [2.75, 3.05) is 19.3 Å². The first-order valence-electron chi connectivity index (χ1n) is 6.80. The highest BCUT2D eigenvalue weighted by Crippen LogP contribution is 2.33. The smallest absolute Gasteiger partial charge is 0.232 e. The van der Waals surface area contributed by atoms with Crippen LogP contribution in [0.25, 0.3) is 10.8 Å². The molecule has 0 radical (unpaired) electrons. The molecule has 5 heteroatoms. The number of carbonyl (C=O) groups excluding carboxylic acids is 1. The molecule has 0 aliphatic heterocycles. The SMILES string of the molecule is CC(CN)N(C)C(=O)CSc1cccc2cccc(Cl)c12. The molecule has 2 rings (SSSR count). The Morgan fingerprint density at radius 3 is 2.67 bits per heavy atom. The summed E-state index contributed by atoms with van der Waals surface area (Å²) in [5.74, 6) is 0.451. The number of fused-ring (bicyclic) bond motifs is 1. The van der Waals surface area contributed by atoms with Crippen molar-refractivity contribution in [2.45, 2.75) is 17.9 Å². The third-order valence-electron chi connectivity index (χ3n) is 3.56. The molecule has 2 aromatic carbocycles. The lowest BCUT2D eigenvalue weighted by molar-refractivity contribution is -0.128. The number of rotatable bonds is 5. The van der Waals surface area contributed by atoms with Crippen LogP contribution in [0.2, 0.25) is 5.02 Å². The van der Waals surface area contributed by atoms with E-state index in [0.717, 1.165) is 15.7 Å². The van der Waals surface area contributed by atoms with E-state index in [-0.39, 0.29) is 11.9 Å². The van der Waals surface area contributed by atoms with Gasteiger partial charge in [0.25, 0.3) is 0 Å². The number of amides is 1. The van der Waals surface area contributed by atoms with Gasteiger partial charge in [-0.1, -0.05) is 35.9 Å². The number of likely N-dealkylation sites (N-methyl/N-ethyl adjacent to an activating group) is 1. The molecule has 0 aliphatic carbocycles. The predicted octanol–water partition coefficient (Wildman–Crippen LogP) is 3.39. The number of benzene rings is 2. The normalized spacial score (nSPS) is 12.4. The molecule has 0 fully saturated rings. The summed E-state index contributed by atoms with van der Waals surface area (Å²) in [4.78, 5) is 14.9. The Balaban J connectivity index is 2.16. The lowest BCUT2D eigenvalue weighted by atomic mass is 10.1. The van der Waals surface area contributed by atoms with Gasteiger partial charge in [-0.25, -0.2) is 0 Å². The average molecular weight is 323 g/mol. The Bertz CT molecular complexity index is 642. The summed E-state index contributed by atoms with van der Waals surface area (Å²) in [7, 11) is 1.79. The number of halogens is 1. The fourth-order valence-electron chi connectivity index (χ4n) is 2.03. The van der Waals surface area contributed by atoms with Crippen LogP contribution in [-0.2, 0) is 4.79 Å². The molecule has 0 saturated heterocycles. The van der Waals surface area contributed by atoms with Gasteiger partial charge in [-0.3, -0.25) is 4.79 Å². The number of hydrogen-bond donors (Lipinski definition) is 1. The lowest BCUT2D eigenvalue weighted by Gasteiger charge is -2.23. The highest BCUT2D eigenvalue weighted by Gasteiger charge is 2.15. The van der Waals surface area contributed by atoms with E-state index < -0.39 is 0 Å². The Labute approximate surface area is 134 Å². The molecule has 0 aromatic heterocycles. The maximum atomic E-state index is 12.2. The van der Waals surface area contributed by atoms with Crippen molar-refractivity contribution in [3.63, 3.8) is 0 Å². The van der Waals surface area contributed by atoms with Crippen LogP contribution in [-0.4, -0.2) is 36.2 Å². The van der Waals surface area contributed by atoms with Crippen molar-refractivity contribution in [1.82, 2.24) is 4.90 Å². The van der Waals surface area contributed by atoms with Gasteiger partial charge in [0, 0.05) is 34.9 Å². The first kappa shape index (κ1) is 16.1. The molecule has 0 saturated carbocycles. The number of carbonyl (C=O) groups is 1. The van der Waals surface area contributed by atoms with E-state index in [1.54, 1.807) is 11.9 Å². The topological polar surface area (TPSA) is 46.3 Å². The standard InChI is InChI=1S/C16H19ClN2OS/c1-11(9-18)19(2)15(20)10-21-14-8-4-6-12-5-3-7-13(17)16(12)14/h3-8,11H,9-10,18H2,1-2H3. The van der Waals surface area contributed by atoms with E-state index in [9.17, 15) is 4.79 Å². The van der Waals surface area contributed by atoms with Crippen LogP contribution in [0, 0.1) is 0 Å². The Hall–Kier alpha value is -1.23. The molecular formula is C16H19ClN2OS. The van der Waals surface area contributed by atoms with Crippen molar-refractivity contribution in [3.05, 3.63) is 41.4 Å². The molecule has 112 valence electrons. The molecule has 3 nitrogen and oxygen atoms in total. The molecule has 1 unspecified atom stereocenters. The summed E-state index contributed by atoms with van der Waals surface area (Å²) in [5, 5.41) is 2.81. The van der Waals surface area contributed by atoms with Crippen molar-refractivity contribution in [2.24, 2.45) is 5.73 Å². The summed E-state index contributed by atoms with van der Waals surface area (Å²) in [5.41, 5.74) is 5.59. The number of thioether (sulfide) groups is 1. The van der Waals surface area contributed by atoms with Gasteiger partial charge in [0.1, 0.15) is 0 Å². The summed E-state index contributed by atoms with van der Waals surface area (Å²) in [6, 6.07) is 11.9. The molecular weight excluding hydrogens is 304 g/mol. The second kappa shape index (κ2) is 7.16. The fourth-order valence-corrected chi connectivity index (χ4v) is 3.40. The molecule has 0 bridgehead atoms. The zero-order valence-electron chi connectivity index (χ0n) is 12.2. The molecule has 1 amide bonds. The molecule has 1 atom stereocenters. The van der Waals surface area contributed by atoms with E-state index in [0.29, 0.717) is 17.3 Å². The van der Waals surface area contributed by atoms with Crippen LogP contribution in [0.1, 0.15) is 6.92 Å². The maximum Gasteiger partial charge on any atom is 0.232 e. The van der Waals surface area contributed by atoms with Gasteiger partial charge >= 0.3 is 0 Å². The van der Waals surface area contributed by atoms with Gasteiger partial charge in [-0.15, -0.1) is 11.8 Å². The van der Waals surface area contributed by atoms with Crippen molar-refractivity contribution in [3.8, 4) is 0 Å². The number of nitrogens with two attached hydrogens (primary N) is 1. The minimum absolute atomic E-state index is 0.0502. The van der Waals surface area contributed by atoms with E-state index in [4.69, 9.17) is 17.3 Å². The second-order valence-electron chi connectivity index (χ2n) is 4.97. The third kappa shape index (κ3) is 3.70. The summed E-state index contributed by atoms with van der Waals surface area (Å²) in [6.07, 6.45) is 0. The molecule has 0 spiro atoms. The van der Waals surface area contributed by atoms with Crippen LogP contribution in [0.3, 0.4) is 0 Å². The summed E-state index contributed by atoms with van der Waals surface area (Å²) in [6.45, 7) is 2.41. The summed E-state index contributed by atoms with van der Waals surface area (Å²) < 4.78 is 0. The van der Waals surface area contributed by atoms with Gasteiger partial charge in [0.05, 0.1) is 5.75 Å². The van der Waals surface area contributed by atoms with Crippen molar-refractivity contribution in [1.29, 1.82) is 0 Å². The van der Waals surface area contributed by atoms with E-state index in [1.807, 2.05) is 43.3 Å². The van der Waals surface area contributed by atoms with Gasteiger partial charge in [0.15, 0.2) is 0 Å². The van der Waals surface area contributed by atoms with E-state index >= 15 is 0 Å². The minimum Gasteiger partial charge on any atom is -0.341 e. The first-order valence-corrected chi connectivity index (χ1v) is 8.16. The number of hydrogen-bond acceptors (Lipinski definition) is 3. The van der Waals surface area contributed by atoms with Gasteiger partial charge in [-0.2, -0.15) is 0 Å². The number of nitrogens with zero attached hydrogens (tertiary/aromatic N) is 1. The molecule has 21 heavy (non-hydrogen) atoms. The zero-order valence-corrected chi connectivity index (χ0v) is 13.7. The van der Waals surface area contributed by atoms with Gasteiger partial charge in [0.2, 0.25) is 5.91 Å². The Morgan fingerprint density at radius 1 is 1.33 bits per heavy atom. The fraction of sp³-hybridized carbons (Fsp3) is 0.312. The second-order valence-corrected chi connectivity index (χ2v) is 6.40. The van der Waals surface area contributed by atoms with E-state index in [2.05, 4.69) is 0 Å². The van der Waals surface area contributed by atoms with Crippen LogP contribution in [0.4, 0.5) is 0 Å². The van der Waals surface area contributed by atoms with Crippen molar-refractivity contribution >= 4 is 40.0 Å². The largest absolute Gasteiger partial charge is 0.341 e.